The van der Waals surface area contributed by atoms with Crippen molar-refractivity contribution in [3.8, 4) is 17.2 Å². The fourth-order valence-electron chi connectivity index (χ4n) is 3.94. The molecule has 1 unspecified atom stereocenters. The van der Waals surface area contributed by atoms with Gasteiger partial charge < -0.3 is 19.7 Å². The smallest absolute Gasteiger partial charge is 0.303 e. The summed E-state index contributed by atoms with van der Waals surface area (Å²) in [7, 11) is 0. The van der Waals surface area contributed by atoms with E-state index in [1.807, 2.05) is 33.8 Å². The number of carboxylic acids is 1. The van der Waals surface area contributed by atoms with Crippen molar-refractivity contribution in [1.29, 1.82) is 0 Å². The first-order valence-electron chi connectivity index (χ1n) is 9.81. The van der Waals surface area contributed by atoms with Crippen molar-refractivity contribution in [3.05, 3.63) is 22.8 Å². The van der Waals surface area contributed by atoms with Crippen LogP contribution >= 0.6 is 0 Å². The SMILES string of the molecule is CCCC(CC(=O)O)c1c2c(c(O)c3c1O[C@@H](C)[C@@H](C)C3=O)C=CC(C)(C)O2. The lowest BCUT2D eigenvalue weighted by molar-refractivity contribution is -0.137. The first kappa shape index (κ1) is 20.2. The van der Waals surface area contributed by atoms with Crippen LogP contribution in [0.25, 0.3) is 6.08 Å². The van der Waals surface area contributed by atoms with Crippen LogP contribution in [0.5, 0.6) is 17.2 Å². The Morgan fingerprint density at radius 2 is 1.96 bits per heavy atom. The standard InChI is InChI=1S/C22H28O6/c1-6-7-13(10-15(23)24)16-20-14(8-9-22(4,5)28-20)19(26)17-18(25)11(2)12(3)27-21(16)17/h8-9,11-13,26H,6-7,10H2,1-5H3,(H,23,24)/t11-,12+,13?/m1/s1. The first-order valence-corrected chi connectivity index (χ1v) is 9.81. The van der Waals surface area contributed by atoms with E-state index in [0.29, 0.717) is 23.3 Å². The van der Waals surface area contributed by atoms with Gasteiger partial charge in [-0.2, -0.15) is 0 Å². The Morgan fingerprint density at radius 3 is 2.57 bits per heavy atom. The van der Waals surface area contributed by atoms with Crippen LogP contribution in [0.2, 0.25) is 0 Å². The van der Waals surface area contributed by atoms with Gasteiger partial charge in [-0.05, 0) is 39.3 Å². The van der Waals surface area contributed by atoms with Gasteiger partial charge in [0.2, 0.25) is 0 Å². The van der Waals surface area contributed by atoms with Crippen LogP contribution in [0.15, 0.2) is 6.08 Å². The Morgan fingerprint density at radius 1 is 1.29 bits per heavy atom. The lowest BCUT2D eigenvalue weighted by Crippen LogP contribution is -2.36. The van der Waals surface area contributed by atoms with Gasteiger partial charge in [-0.3, -0.25) is 9.59 Å². The van der Waals surface area contributed by atoms with Crippen molar-refractivity contribution in [2.24, 2.45) is 5.92 Å². The molecule has 2 N–H and O–H groups in total. The second kappa shape index (κ2) is 7.15. The topological polar surface area (TPSA) is 93.1 Å². The number of phenolic OH excluding ortho intramolecular Hbond substituents is 1. The van der Waals surface area contributed by atoms with Gasteiger partial charge in [0, 0.05) is 11.5 Å². The Bertz CT molecular complexity index is 851. The van der Waals surface area contributed by atoms with E-state index in [1.165, 1.54) is 0 Å². The van der Waals surface area contributed by atoms with E-state index in [-0.39, 0.29) is 41.3 Å². The van der Waals surface area contributed by atoms with E-state index in [0.717, 1.165) is 6.42 Å². The molecule has 152 valence electrons. The number of hydrogen-bond acceptors (Lipinski definition) is 5. The van der Waals surface area contributed by atoms with Crippen molar-refractivity contribution in [2.75, 3.05) is 0 Å². The molecule has 0 spiro atoms. The first-order chi connectivity index (χ1) is 13.1. The lowest BCUT2D eigenvalue weighted by Gasteiger charge is -2.37. The number of rotatable bonds is 5. The van der Waals surface area contributed by atoms with E-state index in [1.54, 1.807) is 13.0 Å². The van der Waals surface area contributed by atoms with Crippen LogP contribution in [-0.4, -0.2) is 33.7 Å². The highest BCUT2D eigenvalue weighted by molar-refractivity contribution is 6.06. The Kier molecular flexibility index (Phi) is 5.17. The van der Waals surface area contributed by atoms with Crippen molar-refractivity contribution in [2.45, 2.75) is 71.5 Å². The van der Waals surface area contributed by atoms with Gasteiger partial charge in [-0.1, -0.05) is 20.3 Å². The van der Waals surface area contributed by atoms with Crippen molar-refractivity contribution in [3.63, 3.8) is 0 Å². The highest BCUT2D eigenvalue weighted by Crippen LogP contribution is 2.53. The Labute approximate surface area is 165 Å². The van der Waals surface area contributed by atoms with E-state index >= 15 is 0 Å². The summed E-state index contributed by atoms with van der Waals surface area (Å²) in [5.41, 5.74) is 0.508. The number of benzene rings is 1. The number of phenols is 1. The lowest BCUT2D eigenvalue weighted by atomic mass is 9.81. The molecule has 1 aromatic carbocycles. The molecule has 2 aliphatic rings. The predicted molar refractivity (Wildman–Crippen MR) is 105 cm³/mol. The number of carboxylic acid groups (broad SMARTS) is 1. The number of aliphatic carboxylic acids is 1. The van der Waals surface area contributed by atoms with Crippen LogP contribution in [0.4, 0.5) is 0 Å². The summed E-state index contributed by atoms with van der Waals surface area (Å²) in [6.45, 7) is 9.33. The van der Waals surface area contributed by atoms with Crippen LogP contribution < -0.4 is 9.47 Å². The highest BCUT2D eigenvalue weighted by atomic mass is 16.5. The van der Waals surface area contributed by atoms with Gasteiger partial charge >= 0.3 is 5.97 Å². The molecule has 0 saturated carbocycles. The molecule has 6 heteroatoms. The maximum Gasteiger partial charge on any atom is 0.303 e. The zero-order valence-corrected chi connectivity index (χ0v) is 17.0. The van der Waals surface area contributed by atoms with Crippen molar-refractivity contribution < 1.29 is 29.3 Å². The summed E-state index contributed by atoms with van der Waals surface area (Å²) in [5, 5.41) is 20.4. The molecule has 6 nitrogen and oxygen atoms in total. The number of fused-ring (bicyclic) bond motifs is 2. The van der Waals surface area contributed by atoms with E-state index < -0.39 is 17.5 Å². The maximum atomic E-state index is 13.0. The summed E-state index contributed by atoms with van der Waals surface area (Å²) in [5.74, 6) is -1.38. The number of ketones is 1. The number of hydrogen-bond donors (Lipinski definition) is 2. The van der Waals surface area contributed by atoms with Gasteiger partial charge in [-0.25, -0.2) is 0 Å². The van der Waals surface area contributed by atoms with Gasteiger partial charge in [0.15, 0.2) is 5.78 Å². The third-order valence-corrected chi connectivity index (χ3v) is 5.60. The molecular formula is C22H28O6. The Balaban J connectivity index is 2.34. The molecule has 0 amide bonds. The molecule has 3 atom stereocenters. The van der Waals surface area contributed by atoms with E-state index in [4.69, 9.17) is 9.47 Å². The maximum absolute atomic E-state index is 13.0. The molecule has 0 aliphatic carbocycles. The van der Waals surface area contributed by atoms with Gasteiger partial charge in [0.25, 0.3) is 0 Å². The predicted octanol–water partition coefficient (Wildman–Crippen LogP) is 4.53. The Hall–Kier alpha value is -2.50. The molecular weight excluding hydrogens is 360 g/mol. The molecule has 28 heavy (non-hydrogen) atoms. The molecule has 0 saturated heterocycles. The van der Waals surface area contributed by atoms with Crippen LogP contribution in [0.3, 0.4) is 0 Å². The second-order valence-corrected chi connectivity index (χ2v) is 8.31. The molecule has 2 aliphatic heterocycles. The largest absolute Gasteiger partial charge is 0.506 e. The minimum atomic E-state index is -0.928. The van der Waals surface area contributed by atoms with Crippen LogP contribution in [-0.2, 0) is 4.79 Å². The van der Waals surface area contributed by atoms with Gasteiger partial charge in [-0.15, -0.1) is 0 Å². The fourth-order valence-corrected chi connectivity index (χ4v) is 3.94. The third kappa shape index (κ3) is 3.36. The second-order valence-electron chi connectivity index (χ2n) is 8.31. The number of aromatic hydroxyl groups is 1. The zero-order valence-electron chi connectivity index (χ0n) is 17.0. The summed E-state index contributed by atoms with van der Waals surface area (Å²) in [6.07, 6.45) is 4.45. The fraction of sp³-hybridized carbons (Fsp3) is 0.545. The highest BCUT2D eigenvalue weighted by Gasteiger charge is 2.41. The molecule has 2 heterocycles. The van der Waals surface area contributed by atoms with Gasteiger partial charge in [0.1, 0.15) is 34.5 Å². The summed E-state index contributed by atoms with van der Waals surface area (Å²) in [6, 6.07) is 0. The molecule has 0 fully saturated rings. The molecule has 0 radical (unpaired) electrons. The number of Topliss-reactive ketones (excluding diaryl/α,β-unsaturated/α-hetero) is 1. The van der Waals surface area contributed by atoms with Crippen LogP contribution in [0.1, 0.15) is 81.3 Å². The summed E-state index contributed by atoms with van der Waals surface area (Å²) < 4.78 is 12.3. The van der Waals surface area contributed by atoms with E-state index in [2.05, 4.69) is 0 Å². The molecule has 0 bridgehead atoms. The number of carbonyl (C=O) groups excluding carboxylic acids is 1. The van der Waals surface area contributed by atoms with Crippen LogP contribution in [0, 0.1) is 5.92 Å². The number of carbonyl (C=O) groups is 2. The molecule has 1 aromatic rings. The van der Waals surface area contributed by atoms with E-state index in [9.17, 15) is 19.8 Å². The summed E-state index contributed by atoms with van der Waals surface area (Å²) >= 11 is 0. The average molecular weight is 388 g/mol. The molecule has 3 rings (SSSR count). The van der Waals surface area contributed by atoms with Crippen molar-refractivity contribution in [1.82, 2.24) is 0 Å². The van der Waals surface area contributed by atoms with Gasteiger partial charge in [0.05, 0.1) is 17.9 Å². The minimum absolute atomic E-state index is 0.105. The number of ether oxygens (including phenoxy) is 2. The minimum Gasteiger partial charge on any atom is -0.506 e. The average Bonchev–Trinajstić information content (AvgIpc) is 2.58. The molecule has 0 aromatic heterocycles. The zero-order chi connectivity index (χ0) is 20.8. The summed E-state index contributed by atoms with van der Waals surface area (Å²) in [4.78, 5) is 24.6. The third-order valence-electron chi connectivity index (χ3n) is 5.60. The monoisotopic (exact) mass is 388 g/mol. The van der Waals surface area contributed by atoms with Crippen molar-refractivity contribution >= 4 is 17.8 Å². The quantitative estimate of drug-likeness (QED) is 0.769. The normalized spacial score (nSPS) is 23.2.